The van der Waals surface area contributed by atoms with Crippen molar-refractivity contribution in [2.75, 3.05) is 0 Å². The van der Waals surface area contributed by atoms with Gasteiger partial charge in [0.25, 0.3) is 0 Å². The molecule has 0 aliphatic heterocycles. The summed E-state index contributed by atoms with van der Waals surface area (Å²) in [5.41, 5.74) is 0. The Kier molecular flexibility index (Phi) is 2.81. The number of hydrogen-bond donors (Lipinski definition) is 2. The van der Waals surface area contributed by atoms with Gasteiger partial charge in [0.2, 0.25) is 0 Å². The zero-order chi connectivity index (χ0) is 9.35. The molecule has 0 aliphatic carbocycles. The summed E-state index contributed by atoms with van der Waals surface area (Å²) >= 11 is 11.1. The second kappa shape index (κ2) is 3.36. The molecule has 0 saturated heterocycles. The lowest BCUT2D eigenvalue weighted by Gasteiger charge is -2.05. The third-order valence-electron chi connectivity index (χ3n) is 1.22. The van der Waals surface area contributed by atoms with Crippen LogP contribution in [0.25, 0.3) is 0 Å². The highest BCUT2D eigenvalue weighted by atomic mass is 35.5. The Morgan fingerprint density at radius 2 is 1.83 bits per heavy atom. The highest BCUT2D eigenvalue weighted by Crippen LogP contribution is 2.36. The number of halogens is 2. The maximum atomic E-state index is 10.7. The molecule has 6 heteroatoms. The van der Waals surface area contributed by atoms with Gasteiger partial charge < -0.3 is 9.79 Å². The Morgan fingerprint density at radius 1 is 1.25 bits per heavy atom. The first-order chi connectivity index (χ1) is 5.41. The lowest BCUT2D eigenvalue weighted by molar-refractivity contribution is 0.387. The molecule has 0 aliphatic rings. The minimum Gasteiger partial charge on any atom is -0.321 e. The van der Waals surface area contributed by atoms with E-state index in [2.05, 4.69) is 0 Å². The summed E-state index contributed by atoms with van der Waals surface area (Å²) in [6.07, 6.45) is 0. The van der Waals surface area contributed by atoms with E-state index in [9.17, 15) is 4.57 Å². The quantitative estimate of drug-likeness (QED) is 0.719. The maximum Gasteiger partial charge on any atom is 0.357 e. The zero-order valence-corrected chi connectivity index (χ0v) is 8.14. The van der Waals surface area contributed by atoms with Crippen molar-refractivity contribution >= 4 is 36.1 Å². The van der Waals surface area contributed by atoms with Gasteiger partial charge in [0.1, 0.15) is 0 Å². The van der Waals surface area contributed by atoms with Gasteiger partial charge in [-0.15, -0.1) is 0 Å². The van der Waals surface area contributed by atoms with Crippen molar-refractivity contribution in [3.8, 4) is 0 Å². The molecule has 1 aromatic rings. The molecule has 0 spiro atoms. The van der Waals surface area contributed by atoms with Crippen LogP contribution in [-0.2, 0) is 4.57 Å². The molecule has 1 aromatic carbocycles. The fourth-order valence-corrected chi connectivity index (χ4v) is 2.07. The van der Waals surface area contributed by atoms with Crippen LogP contribution >= 0.6 is 30.8 Å². The minimum atomic E-state index is -4.27. The monoisotopic (exact) mass is 226 g/mol. The molecule has 12 heavy (non-hydrogen) atoms. The van der Waals surface area contributed by atoms with Crippen LogP contribution < -0.4 is 5.30 Å². The Balaban J connectivity index is 3.28. The third-order valence-corrected chi connectivity index (χ3v) is 2.92. The number of hydrogen-bond acceptors (Lipinski definition) is 1. The van der Waals surface area contributed by atoms with Crippen LogP contribution in [0.4, 0.5) is 0 Å². The fraction of sp³-hybridized carbons (Fsp3) is 0. The Labute approximate surface area is 79.1 Å². The average molecular weight is 227 g/mol. The van der Waals surface area contributed by atoms with Crippen LogP contribution in [0.15, 0.2) is 18.2 Å². The van der Waals surface area contributed by atoms with E-state index in [0.29, 0.717) is 5.02 Å². The van der Waals surface area contributed by atoms with E-state index in [-0.39, 0.29) is 10.3 Å². The summed E-state index contributed by atoms with van der Waals surface area (Å²) < 4.78 is 10.7. The molecule has 0 unspecified atom stereocenters. The molecule has 0 bridgehead atoms. The highest BCUT2D eigenvalue weighted by molar-refractivity contribution is 7.60. The third kappa shape index (κ3) is 2.22. The topological polar surface area (TPSA) is 57.5 Å². The standard InChI is InChI=1S/C6H5Cl2O3P/c7-4-1-2-6(5(8)3-4)12(9,10)11/h1-3H,(H2,9,10,11). The summed E-state index contributed by atoms with van der Waals surface area (Å²) in [7, 11) is -4.27. The van der Waals surface area contributed by atoms with Gasteiger partial charge in [0, 0.05) is 5.02 Å². The van der Waals surface area contributed by atoms with Crippen LogP contribution in [0.5, 0.6) is 0 Å². The van der Waals surface area contributed by atoms with Crippen LogP contribution in [0.1, 0.15) is 0 Å². The molecule has 0 fully saturated rings. The minimum absolute atomic E-state index is 0.0177. The molecule has 1 rings (SSSR count). The van der Waals surface area contributed by atoms with Gasteiger partial charge in [0.15, 0.2) is 0 Å². The average Bonchev–Trinajstić information content (AvgIpc) is 1.83. The van der Waals surface area contributed by atoms with Crippen molar-refractivity contribution in [3.63, 3.8) is 0 Å². The van der Waals surface area contributed by atoms with Gasteiger partial charge in [-0.3, -0.25) is 4.57 Å². The Morgan fingerprint density at radius 3 is 2.25 bits per heavy atom. The van der Waals surface area contributed by atoms with Crippen LogP contribution in [0, 0.1) is 0 Å². The molecular weight excluding hydrogens is 222 g/mol. The SMILES string of the molecule is O=P(O)(O)c1ccc(Cl)cc1Cl. The van der Waals surface area contributed by atoms with Crippen LogP contribution in [0.3, 0.4) is 0 Å². The number of rotatable bonds is 1. The molecule has 0 radical (unpaired) electrons. The summed E-state index contributed by atoms with van der Waals surface area (Å²) in [6, 6.07) is 3.88. The van der Waals surface area contributed by atoms with E-state index >= 15 is 0 Å². The van der Waals surface area contributed by atoms with Gasteiger partial charge >= 0.3 is 7.60 Å². The van der Waals surface area contributed by atoms with Gasteiger partial charge in [-0.2, -0.15) is 0 Å². The van der Waals surface area contributed by atoms with E-state index < -0.39 is 7.60 Å². The normalized spacial score (nSPS) is 11.7. The first kappa shape index (κ1) is 10.0. The van der Waals surface area contributed by atoms with Crippen LogP contribution in [-0.4, -0.2) is 9.79 Å². The lowest BCUT2D eigenvalue weighted by Crippen LogP contribution is -2.04. The van der Waals surface area contributed by atoms with Crippen molar-refractivity contribution in [1.82, 2.24) is 0 Å². The summed E-state index contributed by atoms with van der Waals surface area (Å²) in [5, 5.41) is 0.126. The predicted octanol–water partition coefficient (Wildman–Crippen LogP) is 1.80. The molecule has 0 aromatic heterocycles. The number of benzene rings is 1. The Hall–Kier alpha value is -0.0500. The van der Waals surface area contributed by atoms with E-state index in [4.69, 9.17) is 33.0 Å². The first-order valence-electron chi connectivity index (χ1n) is 2.92. The van der Waals surface area contributed by atoms with Gasteiger partial charge in [-0.05, 0) is 18.2 Å². The maximum absolute atomic E-state index is 10.7. The smallest absolute Gasteiger partial charge is 0.321 e. The van der Waals surface area contributed by atoms with Gasteiger partial charge in [0.05, 0.1) is 10.3 Å². The van der Waals surface area contributed by atoms with Crippen molar-refractivity contribution in [2.45, 2.75) is 0 Å². The summed E-state index contributed by atoms with van der Waals surface area (Å²) in [4.78, 5) is 17.5. The van der Waals surface area contributed by atoms with Crippen molar-refractivity contribution in [3.05, 3.63) is 28.2 Å². The molecule has 2 N–H and O–H groups in total. The molecule has 0 amide bonds. The predicted molar refractivity (Wildman–Crippen MR) is 48.1 cm³/mol. The zero-order valence-electron chi connectivity index (χ0n) is 5.74. The molecule has 0 atom stereocenters. The van der Waals surface area contributed by atoms with E-state index in [0.717, 1.165) is 0 Å². The molecular formula is C6H5Cl2O3P. The summed E-state index contributed by atoms with van der Waals surface area (Å²) in [5.74, 6) is 0. The van der Waals surface area contributed by atoms with Gasteiger partial charge in [-0.25, -0.2) is 0 Å². The molecule has 66 valence electrons. The Bertz CT molecular complexity index is 347. The van der Waals surface area contributed by atoms with E-state index in [1.807, 2.05) is 0 Å². The van der Waals surface area contributed by atoms with E-state index in [1.165, 1.54) is 18.2 Å². The molecule has 3 nitrogen and oxygen atoms in total. The largest absolute Gasteiger partial charge is 0.357 e. The second-order valence-corrected chi connectivity index (χ2v) is 4.55. The van der Waals surface area contributed by atoms with Crippen molar-refractivity contribution in [1.29, 1.82) is 0 Å². The first-order valence-corrected chi connectivity index (χ1v) is 5.29. The molecule has 0 saturated carbocycles. The summed E-state index contributed by atoms with van der Waals surface area (Å²) in [6.45, 7) is 0. The second-order valence-electron chi connectivity index (χ2n) is 2.14. The van der Waals surface area contributed by atoms with Crippen LogP contribution in [0.2, 0.25) is 10.0 Å². The lowest BCUT2D eigenvalue weighted by atomic mass is 10.4. The highest BCUT2D eigenvalue weighted by Gasteiger charge is 2.20. The fourth-order valence-electron chi connectivity index (χ4n) is 0.717. The van der Waals surface area contributed by atoms with E-state index in [1.54, 1.807) is 0 Å². The molecule has 0 heterocycles. The van der Waals surface area contributed by atoms with Crippen molar-refractivity contribution < 1.29 is 14.4 Å². The van der Waals surface area contributed by atoms with Crippen molar-refractivity contribution in [2.24, 2.45) is 0 Å². The van der Waals surface area contributed by atoms with Gasteiger partial charge in [-0.1, -0.05) is 23.2 Å².